The fourth-order valence-electron chi connectivity index (χ4n) is 3.14. The molecule has 1 N–H and O–H groups in total. The van der Waals surface area contributed by atoms with Gasteiger partial charge in [0.25, 0.3) is 5.56 Å². The Bertz CT molecular complexity index is 904. The van der Waals surface area contributed by atoms with Crippen molar-refractivity contribution in [2.75, 3.05) is 24.3 Å². The standard InChI is InChI=1S/C16H16F3N5O2S/c17-16(18,19)13-1-3-20-15(22-13)21-11-6-26-7-12(11)24-14(25)5-9-8-27-4-2-10(9)23-24/h1,3,5,11-12H,2,4,6-8H2,(H,20,21,22). The molecule has 7 nitrogen and oxygen atoms in total. The van der Waals surface area contributed by atoms with Crippen LogP contribution in [0.4, 0.5) is 19.1 Å². The Morgan fingerprint density at radius 3 is 3.00 bits per heavy atom. The average Bonchev–Trinajstić information content (AvgIpc) is 3.08. The summed E-state index contributed by atoms with van der Waals surface area (Å²) in [6, 6.07) is 1.48. The third kappa shape index (κ3) is 3.79. The third-order valence-corrected chi connectivity index (χ3v) is 5.50. The van der Waals surface area contributed by atoms with E-state index in [2.05, 4.69) is 20.4 Å². The first kappa shape index (κ1) is 18.2. The van der Waals surface area contributed by atoms with Crippen molar-refractivity contribution < 1.29 is 17.9 Å². The molecule has 2 aromatic rings. The lowest BCUT2D eigenvalue weighted by Crippen LogP contribution is -2.38. The first-order valence-electron chi connectivity index (χ1n) is 8.36. The first-order valence-corrected chi connectivity index (χ1v) is 9.51. The minimum Gasteiger partial charge on any atom is -0.377 e. The highest BCUT2D eigenvalue weighted by Crippen LogP contribution is 2.28. The van der Waals surface area contributed by atoms with Gasteiger partial charge in [0, 0.05) is 24.4 Å². The average molecular weight is 399 g/mol. The molecule has 1 fully saturated rings. The molecule has 27 heavy (non-hydrogen) atoms. The van der Waals surface area contributed by atoms with Crippen LogP contribution in [0.15, 0.2) is 23.1 Å². The second kappa shape index (κ2) is 7.12. The molecule has 2 atom stereocenters. The van der Waals surface area contributed by atoms with E-state index in [4.69, 9.17) is 4.74 Å². The molecule has 2 aliphatic heterocycles. The second-order valence-electron chi connectivity index (χ2n) is 6.32. The maximum absolute atomic E-state index is 12.8. The summed E-state index contributed by atoms with van der Waals surface area (Å²) in [5.74, 6) is 1.55. The zero-order chi connectivity index (χ0) is 19.0. The third-order valence-electron chi connectivity index (χ3n) is 4.49. The number of alkyl halides is 3. The molecule has 0 aliphatic carbocycles. The topological polar surface area (TPSA) is 81.9 Å². The lowest BCUT2D eigenvalue weighted by Gasteiger charge is -2.23. The van der Waals surface area contributed by atoms with Crippen LogP contribution in [0.3, 0.4) is 0 Å². The second-order valence-corrected chi connectivity index (χ2v) is 7.43. The highest BCUT2D eigenvalue weighted by molar-refractivity contribution is 7.98. The Balaban J connectivity index is 1.59. The fraction of sp³-hybridized carbons (Fsp3) is 0.500. The number of aromatic nitrogens is 4. The summed E-state index contributed by atoms with van der Waals surface area (Å²) in [7, 11) is 0. The normalized spacial score (nSPS) is 22.5. The van der Waals surface area contributed by atoms with Gasteiger partial charge in [0.05, 0.1) is 24.9 Å². The molecule has 2 unspecified atom stereocenters. The Morgan fingerprint density at radius 2 is 2.19 bits per heavy atom. The smallest absolute Gasteiger partial charge is 0.377 e. The van der Waals surface area contributed by atoms with Crippen LogP contribution < -0.4 is 10.9 Å². The van der Waals surface area contributed by atoms with Crippen LogP contribution in [-0.4, -0.2) is 44.8 Å². The molecule has 0 bridgehead atoms. The van der Waals surface area contributed by atoms with Gasteiger partial charge >= 0.3 is 6.18 Å². The predicted molar refractivity (Wildman–Crippen MR) is 92.7 cm³/mol. The number of nitrogens with zero attached hydrogens (tertiary/aromatic N) is 4. The Morgan fingerprint density at radius 1 is 1.33 bits per heavy atom. The summed E-state index contributed by atoms with van der Waals surface area (Å²) in [5.41, 5.74) is 0.548. The molecule has 0 saturated carbocycles. The van der Waals surface area contributed by atoms with Gasteiger partial charge in [0.2, 0.25) is 5.95 Å². The number of ether oxygens (including phenoxy) is 1. The van der Waals surface area contributed by atoms with Crippen LogP contribution in [0.25, 0.3) is 0 Å². The van der Waals surface area contributed by atoms with Crippen molar-refractivity contribution >= 4 is 17.7 Å². The number of nitrogens with one attached hydrogen (secondary N) is 1. The molecule has 11 heteroatoms. The van der Waals surface area contributed by atoms with E-state index >= 15 is 0 Å². The van der Waals surface area contributed by atoms with Crippen LogP contribution in [0.1, 0.15) is 23.0 Å². The summed E-state index contributed by atoms with van der Waals surface area (Å²) in [6.07, 6.45) is -2.73. The van der Waals surface area contributed by atoms with Crippen LogP contribution in [0.2, 0.25) is 0 Å². The van der Waals surface area contributed by atoms with Crippen molar-refractivity contribution in [3.8, 4) is 0 Å². The predicted octanol–water partition coefficient (Wildman–Crippen LogP) is 1.89. The number of hydrogen-bond donors (Lipinski definition) is 1. The Labute approximate surface area is 156 Å². The summed E-state index contributed by atoms with van der Waals surface area (Å²) in [4.78, 5) is 19.9. The molecule has 144 valence electrons. The Hall–Kier alpha value is -2.14. The first-order chi connectivity index (χ1) is 12.9. The zero-order valence-corrected chi connectivity index (χ0v) is 14.9. The summed E-state index contributed by atoms with van der Waals surface area (Å²) in [5, 5.41) is 7.35. The number of thioether (sulfide) groups is 1. The van der Waals surface area contributed by atoms with Crippen LogP contribution >= 0.6 is 11.8 Å². The lowest BCUT2D eigenvalue weighted by molar-refractivity contribution is -0.141. The zero-order valence-electron chi connectivity index (χ0n) is 14.1. The van der Waals surface area contributed by atoms with Crippen LogP contribution in [-0.2, 0) is 23.1 Å². The molecule has 0 radical (unpaired) electrons. The van der Waals surface area contributed by atoms with Crippen molar-refractivity contribution in [3.63, 3.8) is 0 Å². The molecular weight excluding hydrogens is 383 g/mol. The van der Waals surface area contributed by atoms with Gasteiger partial charge in [-0.15, -0.1) is 0 Å². The number of aryl methyl sites for hydroxylation is 1. The minimum atomic E-state index is -4.56. The molecule has 0 amide bonds. The largest absolute Gasteiger partial charge is 0.433 e. The van der Waals surface area contributed by atoms with E-state index in [1.54, 1.807) is 17.8 Å². The van der Waals surface area contributed by atoms with Crippen molar-refractivity contribution in [1.29, 1.82) is 0 Å². The van der Waals surface area contributed by atoms with E-state index < -0.39 is 24.0 Å². The van der Waals surface area contributed by atoms with Crippen molar-refractivity contribution in [2.24, 2.45) is 0 Å². The van der Waals surface area contributed by atoms with E-state index in [-0.39, 0.29) is 24.7 Å². The van der Waals surface area contributed by atoms with Gasteiger partial charge in [-0.25, -0.2) is 14.6 Å². The summed E-state index contributed by atoms with van der Waals surface area (Å²) >= 11 is 1.76. The van der Waals surface area contributed by atoms with Gasteiger partial charge in [-0.1, -0.05) is 0 Å². The van der Waals surface area contributed by atoms with Crippen LogP contribution in [0.5, 0.6) is 0 Å². The fourth-order valence-corrected chi connectivity index (χ4v) is 4.09. The van der Waals surface area contributed by atoms with Gasteiger partial charge in [0.15, 0.2) is 0 Å². The Kier molecular flexibility index (Phi) is 4.81. The number of anilines is 1. The maximum atomic E-state index is 12.8. The number of halogens is 3. The van der Waals surface area contributed by atoms with E-state index in [1.807, 2.05) is 0 Å². The van der Waals surface area contributed by atoms with Gasteiger partial charge in [-0.05, 0) is 17.4 Å². The van der Waals surface area contributed by atoms with Crippen molar-refractivity contribution in [1.82, 2.24) is 19.7 Å². The highest BCUT2D eigenvalue weighted by Gasteiger charge is 2.35. The lowest BCUT2D eigenvalue weighted by atomic mass is 10.1. The van der Waals surface area contributed by atoms with Crippen molar-refractivity contribution in [3.05, 3.63) is 45.6 Å². The minimum absolute atomic E-state index is 0.160. The van der Waals surface area contributed by atoms with Gasteiger partial charge in [-0.3, -0.25) is 4.79 Å². The summed E-state index contributed by atoms with van der Waals surface area (Å²) < 4.78 is 45.3. The van der Waals surface area contributed by atoms with E-state index in [0.29, 0.717) is 0 Å². The highest BCUT2D eigenvalue weighted by atomic mass is 32.2. The van der Waals surface area contributed by atoms with E-state index in [1.165, 1.54) is 4.68 Å². The van der Waals surface area contributed by atoms with Gasteiger partial charge in [0.1, 0.15) is 11.7 Å². The number of fused-ring (bicyclic) bond motifs is 1. The quantitative estimate of drug-likeness (QED) is 0.844. The molecule has 4 heterocycles. The SMILES string of the molecule is O=c1cc2c(nn1C1COCC1Nc1nccc(C(F)(F)F)n1)CCSC2. The van der Waals surface area contributed by atoms with E-state index in [9.17, 15) is 18.0 Å². The molecule has 1 saturated heterocycles. The molecule has 2 aliphatic rings. The van der Waals surface area contributed by atoms with Gasteiger partial charge < -0.3 is 10.1 Å². The molecule has 4 rings (SSSR count). The molecule has 2 aromatic heterocycles. The molecule has 0 aromatic carbocycles. The van der Waals surface area contributed by atoms with Gasteiger partial charge in [-0.2, -0.15) is 30.0 Å². The van der Waals surface area contributed by atoms with E-state index in [0.717, 1.165) is 41.4 Å². The number of rotatable bonds is 3. The molecule has 0 spiro atoms. The van der Waals surface area contributed by atoms with Crippen molar-refractivity contribution in [2.45, 2.75) is 30.4 Å². The number of hydrogen-bond acceptors (Lipinski definition) is 7. The van der Waals surface area contributed by atoms with Crippen LogP contribution in [0, 0.1) is 0 Å². The monoisotopic (exact) mass is 399 g/mol. The molecular formula is C16H16F3N5O2S. The maximum Gasteiger partial charge on any atom is 0.433 e. The summed E-state index contributed by atoms with van der Waals surface area (Å²) in [6.45, 7) is 0.447.